The molecule has 2 N–H and O–H groups in total. The van der Waals surface area contributed by atoms with Crippen LogP contribution in [0, 0.1) is 11.2 Å². The minimum absolute atomic E-state index is 0.0505. The summed E-state index contributed by atoms with van der Waals surface area (Å²) in [5.74, 6) is -0.375. The summed E-state index contributed by atoms with van der Waals surface area (Å²) in [6.45, 7) is 1.81. The second-order valence-corrected chi connectivity index (χ2v) is 10.0. The number of carbonyl (C=O) groups is 1. The molecule has 1 aromatic heterocycles. The monoisotopic (exact) mass is 514 g/mol. The molecule has 0 atom stereocenters. The van der Waals surface area contributed by atoms with E-state index < -0.39 is 5.56 Å². The van der Waals surface area contributed by atoms with Crippen LogP contribution in [0.25, 0.3) is 28.2 Å². The molecule has 0 saturated carbocycles. The number of hydrogen-bond donors (Lipinski definition) is 2. The second kappa shape index (κ2) is 9.29. The Morgan fingerprint density at radius 3 is 2.70 bits per heavy atom. The van der Waals surface area contributed by atoms with Crippen molar-refractivity contribution in [3.05, 3.63) is 97.4 Å². The number of amides is 1. The Bertz CT molecular complexity index is 1860. The normalized spacial score (nSPS) is 14.9. The van der Waals surface area contributed by atoms with Crippen molar-refractivity contribution in [1.82, 2.24) is 24.2 Å². The first kappa shape index (κ1) is 23.1. The maximum absolute atomic E-state index is 14.3. The lowest BCUT2D eigenvalue weighted by Gasteiger charge is -2.10. The molecule has 1 amide bonds. The van der Waals surface area contributed by atoms with Crippen LogP contribution in [0.15, 0.2) is 59.5 Å². The Morgan fingerprint density at radius 1 is 1.14 bits per heavy atom. The summed E-state index contributed by atoms with van der Waals surface area (Å²) in [5, 5.41) is 13.1. The molecule has 10 heteroatoms. The predicted molar refractivity (Wildman–Crippen MR) is 140 cm³/mol. The van der Waals surface area contributed by atoms with Crippen molar-refractivity contribution >= 4 is 40.3 Å². The number of benzene rings is 2. The molecule has 6 rings (SSSR count). The smallest absolute Gasteiger partial charge is 0.283 e. The lowest BCUT2D eigenvalue weighted by atomic mass is 10.1. The van der Waals surface area contributed by atoms with Crippen molar-refractivity contribution in [2.75, 3.05) is 13.1 Å². The van der Waals surface area contributed by atoms with Gasteiger partial charge in [0.15, 0.2) is 5.49 Å². The minimum Gasteiger partial charge on any atom is -0.342 e. The number of carbonyl (C=O) groups excluding carboxylic acids is 1. The van der Waals surface area contributed by atoms with Gasteiger partial charge in [-0.1, -0.05) is 47.7 Å². The Morgan fingerprint density at radius 2 is 1.89 bits per heavy atom. The van der Waals surface area contributed by atoms with Crippen LogP contribution in [-0.2, 0) is 11.3 Å². The predicted octanol–water partition coefficient (Wildman–Crippen LogP) is 1.91. The van der Waals surface area contributed by atoms with Crippen LogP contribution in [0.5, 0.6) is 0 Å². The molecule has 1 saturated heterocycles. The molecule has 0 radical (unpaired) electrons. The fourth-order valence-corrected chi connectivity index (χ4v) is 5.59. The number of aromatic nitrogens is 4. The maximum Gasteiger partial charge on any atom is 0.283 e. The largest absolute Gasteiger partial charge is 0.342 e. The highest BCUT2D eigenvalue weighted by Gasteiger charge is 2.17. The van der Waals surface area contributed by atoms with Gasteiger partial charge in [0.25, 0.3) is 5.56 Å². The fraction of sp³-hybridized carbons (Fsp3) is 0.185. The summed E-state index contributed by atoms with van der Waals surface area (Å²) in [6.07, 6.45) is 7.00. The molecule has 3 aromatic rings. The summed E-state index contributed by atoms with van der Waals surface area (Å²) in [5.41, 5.74) is 1.59. The van der Waals surface area contributed by atoms with Gasteiger partial charge in [-0.2, -0.15) is 4.98 Å². The van der Waals surface area contributed by atoms with Crippen LogP contribution in [-0.4, -0.2) is 43.2 Å². The third-order valence-electron chi connectivity index (χ3n) is 6.61. The number of hydrogen-bond acceptors (Lipinski definition) is 5. The van der Waals surface area contributed by atoms with E-state index in [1.165, 1.54) is 16.8 Å². The zero-order valence-electron chi connectivity index (χ0n) is 19.8. The van der Waals surface area contributed by atoms with Gasteiger partial charge >= 0.3 is 0 Å². The van der Waals surface area contributed by atoms with Crippen molar-refractivity contribution in [2.45, 2.75) is 19.4 Å². The number of nitrogens with one attached hydrogen (secondary N) is 2. The summed E-state index contributed by atoms with van der Waals surface area (Å²) >= 11 is 1.16. The Labute approximate surface area is 214 Å². The molecule has 8 nitrogen and oxygen atoms in total. The molecular formula is C27H23FN6O2S. The second-order valence-electron chi connectivity index (χ2n) is 9.02. The molecule has 3 aliphatic heterocycles. The van der Waals surface area contributed by atoms with Crippen LogP contribution in [0.2, 0.25) is 0 Å². The molecule has 0 bridgehead atoms. The Balaban J connectivity index is 1.46. The first-order chi connectivity index (χ1) is 18.0. The number of nitrogens with zero attached hydrogens (tertiary/aromatic N) is 4. The van der Waals surface area contributed by atoms with E-state index in [0.29, 0.717) is 21.9 Å². The van der Waals surface area contributed by atoms with E-state index in [2.05, 4.69) is 10.1 Å². The highest BCUT2D eigenvalue weighted by molar-refractivity contribution is 7.11. The SMILES string of the molecule is N=c1/c(=C/c2cn(Cc3ccccc3F)c3ccccc23)c(=O)nc2s/c(=C/C(=O)N3CCCC3)[nH]n1-2. The molecule has 0 aliphatic carbocycles. The van der Waals surface area contributed by atoms with Gasteiger partial charge in [-0.25, -0.2) is 9.07 Å². The zero-order valence-corrected chi connectivity index (χ0v) is 20.6. The number of aromatic amines is 1. The summed E-state index contributed by atoms with van der Waals surface area (Å²) in [4.78, 5) is 31.4. The number of halogens is 1. The minimum atomic E-state index is -0.524. The van der Waals surface area contributed by atoms with Gasteiger partial charge in [-0.3, -0.25) is 20.1 Å². The number of rotatable bonds is 4. The van der Waals surface area contributed by atoms with Gasteiger partial charge in [0.2, 0.25) is 11.0 Å². The van der Waals surface area contributed by atoms with Crippen molar-refractivity contribution < 1.29 is 9.18 Å². The van der Waals surface area contributed by atoms with Gasteiger partial charge < -0.3 is 9.47 Å². The van der Waals surface area contributed by atoms with Gasteiger partial charge in [-0.15, -0.1) is 0 Å². The molecular weight excluding hydrogens is 491 g/mol. The van der Waals surface area contributed by atoms with E-state index in [4.69, 9.17) is 5.41 Å². The van der Waals surface area contributed by atoms with Crippen molar-refractivity contribution in [2.24, 2.45) is 0 Å². The van der Waals surface area contributed by atoms with Gasteiger partial charge in [0.05, 0.1) is 11.8 Å². The van der Waals surface area contributed by atoms with Gasteiger partial charge in [0, 0.05) is 47.4 Å². The van der Waals surface area contributed by atoms with Crippen molar-refractivity contribution in [3.63, 3.8) is 0 Å². The van der Waals surface area contributed by atoms with E-state index in [9.17, 15) is 14.0 Å². The highest BCUT2D eigenvalue weighted by atomic mass is 32.1. The zero-order chi connectivity index (χ0) is 25.5. The van der Waals surface area contributed by atoms with Crippen molar-refractivity contribution in [3.8, 4) is 5.13 Å². The van der Waals surface area contributed by atoms with E-state index >= 15 is 0 Å². The quantitative estimate of drug-likeness (QED) is 0.383. The Kier molecular flexibility index (Phi) is 5.80. The average molecular weight is 515 g/mol. The van der Waals surface area contributed by atoms with E-state index in [1.54, 1.807) is 29.2 Å². The Hall–Kier alpha value is -4.31. The van der Waals surface area contributed by atoms with Gasteiger partial charge in [-0.05, 0) is 31.1 Å². The van der Waals surface area contributed by atoms with Crippen LogP contribution in [0.3, 0.4) is 0 Å². The van der Waals surface area contributed by atoms with Crippen molar-refractivity contribution in [1.29, 1.82) is 5.41 Å². The first-order valence-electron chi connectivity index (χ1n) is 12.0. The van der Waals surface area contributed by atoms with Crippen LogP contribution >= 0.6 is 11.3 Å². The molecule has 1 fully saturated rings. The topological polar surface area (TPSA) is 99.8 Å². The summed E-state index contributed by atoms with van der Waals surface area (Å²) in [6, 6.07) is 14.3. The third kappa shape index (κ3) is 4.29. The number of likely N-dealkylation sites (tertiary alicyclic amines) is 1. The van der Waals surface area contributed by atoms with Crippen LogP contribution in [0.1, 0.15) is 24.0 Å². The number of H-pyrrole nitrogens is 1. The fourth-order valence-electron chi connectivity index (χ4n) is 4.74. The third-order valence-corrected chi connectivity index (χ3v) is 7.50. The highest BCUT2D eigenvalue weighted by Crippen LogP contribution is 2.23. The van der Waals surface area contributed by atoms with Crippen LogP contribution in [0.4, 0.5) is 4.39 Å². The van der Waals surface area contributed by atoms with E-state index in [-0.39, 0.29) is 22.4 Å². The maximum atomic E-state index is 14.3. The van der Waals surface area contributed by atoms with E-state index in [1.807, 2.05) is 35.0 Å². The molecule has 2 aromatic carbocycles. The summed E-state index contributed by atoms with van der Waals surface area (Å²) < 4.78 is 18.2. The molecule has 3 aliphatic rings. The lowest BCUT2D eigenvalue weighted by molar-refractivity contribution is -0.123. The molecule has 0 spiro atoms. The van der Waals surface area contributed by atoms with Gasteiger partial charge in [0.1, 0.15) is 10.5 Å². The van der Waals surface area contributed by atoms with Crippen LogP contribution < -0.4 is 20.9 Å². The molecule has 0 unspecified atom stereocenters. The number of fused-ring (bicyclic) bond motifs is 2. The summed E-state index contributed by atoms with van der Waals surface area (Å²) in [7, 11) is 0. The molecule has 186 valence electrons. The lowest BCUT2D eigenvalue weighted by Crippen LogP contribution is -2.47. The standard InChI is InChI=1S/C27H23FN6O2S/c28-21-9-3-1-7-17(21)15-33-16-18(19-8-2-4-10-22(19)33)13-20-25(29)34-27(30-26(20)36)37-23(31-34)14-24(35)32-11-5-6-12-32/h1-4,7-10,13-14,16,29,31H,5-6,11-12,15H2/b20-13-,23-14+,29-25?. The molecule has 4 heterocycles. The average Bonchev–Trinajstić information content (AvgIpc) is 3.63. The molecule has 37 heavy (non-hydrogen) atoms. The first-order valence-corrected chi connectivity index (χ1v) is 12.8. The van der Waals surface area contributed by atoms with E-state index in [0.717, 1.165) is 53.7 Å². The number of para-hydroxylation sites is 1.